The molecule has 10 heteroatoms. The Labute approximate surface area is 246 Å². The zero-order chi connectivity index (χ0) is 30.0. The van der Waals surface area contributed by atoms with Crippen molar-refractivity contribution in [1.29, 1.82) is 0 Å². The fourth-order valence-corrected chi connectivity index (χ4v) is 5.54. The van der Waals surface area contributed by atoms with E-state index in [1.165, 1.54) is 30.3 Å². The number of sulfonamides is 1. The fourth-order valence-electron chi connectivity index (χ4n) is 4.45. The lowest BCUT2D eigenvalue weighted by molar-refractivity contribution is 0.106. The molecular weight excluding hydrogens is 556 g/mol. The lowest BCUT2D eigenvalue weighted by atomic mass is 9.88. The summed E-state index contributed by atoms with van der Waals surface area (Å²) in [5.41, 5.74) is 2.28. The van der Waals surface area contributed by atoms with Gasteiger partial charge in [0, 0.05) is 18.5 Å². The minimum atomic E-state index is -3.89. The zero-order valence-electron chi connectivity index (χ0n) is 23.6. The SMILES string of the molecule is COc1ccc(C(CCNCC(O)COc2ccc(O)c(NS(=O)(=O)c3ccccc3)c2)c2ccc(OC)cc2)cc1. The maximum atomic E-state index is 12.6. The molecule has 9 nitrogen and oxygen atoms in total. The summed E-state index contributed by atoms with van der Waals surface area (Å²) in [5.74, 6) is 1.77. The van der Waals surface area contributed by atoms with Crippen molar-refractivity contribution in [2.75, 3.05) is 38.6 Å². The lowest BCUT2D eigenvalue weighted by Crippen LogP contribution is -2.32. The molecule has 0 fully saturated rings. The number of aromatic hydroxyl groups is 1. The Morgan fingerprint density at radius 3 is 1.93 bits per heavy atom. The van der Waals surface area contributed by atoms with Gasteiger partial charge in [-0.2, -0.15) is 0 Å². The second-order valence-corrected chi connectivity index (χ2v) is 11.3. The smallest absolute Gasteiger partial charge is 0.262 e. The van der Waals surface area contributed by atoms with Crippen LogP contribution in [0.4, 0.5) is 5.69 Å². The molecule has 0 aliphatic heterocycles. The number of methoxy groups -OCH3 is 2. The highest BCUT2D eigenvalue weighted by atomic mass is 32.2. The molecule has 0 bridgehead atoms. The van der Waals surface area contributed by atoms with E-state index in [-0.39, 0.29) is 28.9 Å². The number of benzene rings is 4. The van der Waals surface area contributed by atoms with E-state index < -0.39 is 16.1 Å². The largest absolute Gasteiger partial charge is 0.506 e. The van der Waals surface area contributed by atoms with E-state index in [1.54, 1.807) is 32.4 Å². The molecule has 0 aliphatic carbocycles. The second kappa shape index (κ2) is 14.6. The van der Waals surface area contributed by atoms with Crippen LogP contribution in [0.5, 0.6) is 23.0 Å². The van der Waals surface area contributed by atoms with Gasteiger partial charge in [0.15, 0.2) is 0 Å². The van der Waals surface area contributed by atoms with Crippen LogP contribution in [0.15, 0.2) is 102 Å². The first-order valence-corrected chi connectivity index (χ1v) is 15.0. The van der Waals surface area contributed by atoms with Crippen molar-refractivity contribution >= 4 is 15.7 Å². The summed E-state index contributed by atoms with van der Waals surface area (Å²) in [4.78, 5) is 0.0680. The third kappa shape index (κ3) is 8.39. The molecule has 1 atom stereocenters. The van der Waals surface area contributed by atoms with Gasteiger partial charge in [-0.1, -0.05) is 42.5 Å². The van der Waals surface area contributed by atoms with Gasteiger partial charge >= 0.3 is 0 Å². The number of phenolic OH excluding ortho intramolecular Hbond substituents is 1. The highest BCUT2D eigenvalue weighted by Gasteiger charge is 2.18. The normalized spacial score (nSPS) is 12.1. The standard InChI is InChI=1S/C32H36N2O7S/c1-39-26-12-8-23(9-13-26)30(24-10-14-27(40-2)15-11-24)18-19-33-21-25(35)22-41-28-16-17-32(36)31(20-28)34-42(37,38)29-6-4-3-5-7-29/h3-17,20,25,30,33-36H,18-19,21-22H2,1-2H3. The van der Waals surface area contributed by atoms with E-state index in [9.17, 15) is 18.6 Å². The Bertz CT molecular complexity index is 1470. The maximum absolute atomic E-state index is 12.6. The van der Waals surface area contributed by atoms with Crippen molar-refractivity contribution in [3.8, 4) is 23.0 Å². The van der Waals surface area contributed by atoms with Gasteiger partial charge in [0.1, 0.15) is 35.7 Å². The Morgan fingerprint density at radius 1 is 0.786 bits per heavy atom. The van der Waals surface area contributed by atoms with Crippen molar-refractivity contribution < 1.29 is 32.8 Å². The number of ether oxygens (including phenoxy) is 3. The summed E-state index contributed by atoms with van der Waals surface area (Å²) in [6, 6.07) is 28.1. The molecule has 4 aromatic rings. The van der Waals surface area contributed by atoms with Gasteiger partial charge in [0.25, 0.3) is 10.0 Å². The van der Waals surface area contributed by atoms with Gasteiger partial charge in [0.05, 0.1) is 24.8 Å². The molecule has 4 rings (SSSR count). The number of hydrogen-bond acceptors (Lipinski definition) is 8. The summed E-state index contributed by atoms with van der Waals surface area (Å²) in [7, 11) is -0.607. The predicted octanol–water partition coefficient (Wildman–Crippen LogP) is 4.76. The van der Waals surface area contributed by atoms with Gasteiger partial charge < -0.3 is 29.7 Å². The van der Waals surface area contributed by atoms with Gasteiger partial charge in [-0.15, -0.1) is 0 Å². The van der Waals surface area contributed by atoms with E-state index in [0.29, 0.717) is 18.8 Å². The number of aliphatic hydroxyl groups excluding tert-OH is 1. The first kappa shape index (κ1) is 30.7. The minimum absolute atomic E-state index is 0.0212. The lowest BCUT2D eigenvalue weighted by Gasteiger charge is -2.20. The van der Waals surface area contributed by atoms with E-state index in [1.807, 2.05) is 24.3 Å². The molecule has 42 heavy (non-hydrogen) atoms. The molecule has 0 radical (unpaired) electrons. The first-order valence-electron chi connectivity index (χ1n) is 13.5. The molecule has 0 saturated heterocycles. The second-order valence-electron chi connectivity index (χ2n) is 9.65. The van der Waals surface area contributed by atoms with Crippen molar-refractivity contribution in [1.82, 2.24) is 5.32 Å². The summed E-state index contributed by atoms with van der Waals surface area (Å²) < 4.78 is 44.0. The van der Waals surface area contributed by atoms with Gasteiger partial charge in [-0.25, -0.2) is 8.42 Å². The summed E-state index contributed by atoms with van der Waals surface area (Å²) in [5, 5.41) is 24.0. The van der Waals surface area contributed by atoms with Crippen LogP contribution in [0, 0.1) is 0 Å². The van der Waals surface area contributed by atoms with Crippen LogP contribution in [0.25, 0.3) is 0 Å². The Hall–Kier alpha value is -4.25. The monoisotopic (exact) mass is 592 g/mol. The van der Waals surface area contributed by atoms with Gasteiger partial charge in [0.2, 0.25) is 0 Å². The molecule has 0 aromatic heterocycles. The number of hydrogen-bond donors (Lipinski definition) is 4. The van der Waals surface area contributed by atoms with Crippen LogP contribution in [0.2, 0.25) is 0 Å². The summed E-state index contributed by atoms with van der Waals surface area (Å²) >= 11 is 0. The average Bonchev–Trinajstić information content (AvgIpc) is 3.02. The Balaban J connectivity index is 1.30. The van der Waals surface area contributed by atoms with E-state index in [4.69, 9.17) is 14.2 Å². The number of phenols is 1. The van der Waals surface area contributed by atoms with Crippen LogP contribution in [0.1, 0.15) is 23.5 Å². The molecule has 0 aliphatic rings. The topological polar surface area (TPSA) is 126 Å². The third-order valence-electron chi connectivity index (χ3n) is 6.73. The van der Waals surface area contributed by atoms with E-state index in [0.717, 1.165) is 29.0 Å². The molecule has 0 spiro atoms. The molecule has 0 saturated carbocycles. The zero-order valence-corrected chi connectivity index (χ0v) is 24.4. The predicted molar refractivity (Wildman–Crippen MR) is 162 cm³/mol. The third-order valence-corrected chi connectivity index (χ3v) is 8.12. The molecule has 4 N–H and O–H groups in total. The molecule has 222 valence electrons. The van der Waals surface area contributed by atoms with Crippen LogP contribution in [-0.2, 0) is 10.0 Å². The highest BCUT2D eigenvalue weighted by molar-refractivity contribution is 7.92. The van der Waals surface area contributed by atoms with Gasteiger partial charge in [-0.3, -0.25) is 4.72 Å². The van der Waals surface area contributed by atoms with Crippen LogP contribution >= 0.6 is 0 Å². The molecule has 4 aromatic carbocycles. The molecule has 0 amide bonds. The van der Waals surface area contributed by atoms with Crippen LogP contribution in [-0.4, -0.2) is 58.7 Å². The van der Waals surface area contributed by atoms with Crippen LogP contribution < -0.4 is 24.2 Å². The minimum Gasteiger partial charge on any atom is -0.506 e. The molecule has 1 unspecified atom stereocenters. The van der Waals surface area contributed by atoms with Gasteiger partial charge in [-0.05, 0) is 72.6 Å². The number of aliphatic hydroxyl groups is 1. The fraction of sp³-hybridized carbons (Fsp3) is 0.250. The number of anilines is 1. The first-order chi connectivity index (χ1) is 20.3. The Morgan fingerprint density at radius 2 is 1.36 bits per heavy atom. The van der Waals surface area contributed by atoms with Crippen molar-refractivity contribution in [2.24, 2.45) is 0 Å². The highest BCUT2D eigenvalue weighted by Crippen LogP contribution is 2.31. The summed E-state index contributed by atoms with van der Waals surface area (Å²) in [6.45, 7) is 0.914. The van der Waals surface area contributed by atoms with Crippen molar-refractivity contribution in [2.45, 2.75) is 23.3 Å². The Kier molecular flexibility index (Phi) is 10.7. The number of nitrogens with one attached hydrogen (secondary N) is 2. The molecule has 0 heterocycles. The molecular formula is C32H36N2O7S. The van der Waals surface area contributed by atoms with E-state index in [2.05, 4.69) is 34.3 Å². The average molecular weight is 593 g/mol. The summed E-state index contributed by atoms with van der Waals surface area (Å²) in [6.07, 6.45) is -0.0292. The van der Waals surface area contributed by atoms with Crippen molar-refractivity contribution in [3.63, 3.8) is 0 Å². The van der Waals surface area contributed by atoms with Crippen molar-refractivity contribution in [3.05, 3.63) is 108 Å². The maximum Gasteiger partial charge on any atom is 0.262 e. The quantitative estimate of drug-likeness (QED) is 0.115. The van der Waals surface area contributed by atoms with E-state index >= 15 is 0 Å². The number of rotatable bonds is 15. The van der Waals surface area contributed by atoms with Crippen LogP contribution in [0.3, 0.4) is 0 Å².